The van der Waals surface area contributed by atoms with Gasteiger partial charge in [-0.15, -0.1) is 0 Å². The van der Waals surface area contributed by atoms with E-state index >= 15 is 13.2 Å². The van der Waals surface area contributed by atoms with Gasteiger partial charge in [-0.3, -0.25) is 0 Å². The Morgan fingerprint density at radius 1 is 0.978 bits per heavy atom. The highest BCUT2D eigenvalue weighted by Crippen LogP contribution is 2.41. The number of aromatic carboxylic acids is 1. The summed E-state index contributed by atoms with van der Waals surface area (Å²) in [5.41, 5.74) is -1.000. The third-order valence-electron chi connectivity index (χ3n) is 7.98. The fourth-order valence-corrected chi connectivity index (χ4v) is 5.69. The van der Waals surface area contributed by atoms with Gasteiger partial charge in [-0.1, -0.05) is 31.5 Å². The van der Waals surface area contributed by atoms with Crippen molar-refractivity contribution in [2.24, 2.45) is 5.41 Å². The van der Waals surface area contributed by atoms with Crippen molar-refractivity contribution < 1.29 is 41.3 Å². The summed E-state index contributed by atoms with van der Waals surface area (Å²) < 4.78 is 87.0. The molecule has 0 amide bonds. The molecular formula is C33H25ClF5N3O4. The van der Waals surface area contributed by atoms with Gasteiger partial charge in [-0.25, -0.2) is 36.7 Å². The minimum absolute atomic E-state index is 0.0172. The van der Waals surface area contributed by atoms with Crippen molar-refractivity contribution in [1.82, 2.24) is 14.5 Å². The number of pyridine rings is 1. The van der Waals surface area contributed by atoms with E-state index in [1.54, 1.807) is 4.57 Å². The molecule has 7 nitrogen and oxygen atoms in total. The molecule has 1 fully saturated rings. The van der Waals surface area contributed by atoms with Crippen LogP contribution < -0.4 is 4.74 Å². The second kappa shape index (κ2) is 12.0. The van der Waals surface area contributed by atoms with Crippen LogP contribution in [-0.4, -0.2) is 38.8 Å². The van der Waals surface area contributed by atoms with Crippen LogP contribution >= 0.6 is 11.6 Å². The molecule has 6 rings (SSSR count). The van der Waals surface area contributed by atoms with Gasteiger partial charge in [-0.2, -0.15) is 0 Å². The summed E-state index contributed by atoms with van der Waals surface area (Å²) in [5.74, 6) is -5.25. The van der Waals surface area contributed by atoms with Crippen molar-refractivity contribution in [1.29, 1.82) is 0 Å². The number of carboxylic acids is 1. The summed E-state index contributed by atoms with van der Waals surface area (Å²) >= 11 is 5.59. The minimum Gasteiger partial charge on any atom is -0.478 e. The Kier molecular flexibility index (Phi) is 8.20. The molecule has 1 atom stereocenters. The Morgan fingerprint density at radius 2 is 1.72 bits per heavy atom. The highest BCUT2D eigenvalue weighted by molar-refractivity contribution is 6.30. The van der Waals surface area contributed by atoms with Crippen molar-refractivity contribution in [2.45, 2.75) is 32.9 Å². The SMILES string of the molecule is CC1(C)COCC1n1c(Cc2cc(F)c(-c3cccc(OCc4cc(F)c(Cl)cc4F)n3)cc2F)nc2c(F)cc(C(=O)O)cc21. The van der Waals surface area contributed by atoms with E-state index < -0.39 is 53.1 Å². The molecular weight excluding hydrogens is 633 g/mol. The van der Waals surface area contributed by atoms with Crippen molar-refractivity contribution >= 4 is 28.6 Å². The van der Waals surface area contributed by atoms with Gasteiger partial charge in [0.1, 0.15) is 41.2 Å². The Labute approximate surface area is 264 Å². The summed E-state index contributed by atoms with van der Waals surface area (Å²) in [6.45, 7) is 4.06. The zero-order valence-electron chi connectivity index (χ0n) is 24.4. The molecule has 1 aliphatic rings. The molecule has 0 aliphatic carbocycles. The molecule has 3 heterocycles. The maximum atomic E-state index is 15.6. The molecule has 13 heteroatoms. The number of halogens is 6. The van der Waals surface area contributed by atoms with Gasteiger partial charge in [0.2, 0.25) is 5.88 Å². The van der Waals surface area contributed by atoms with Gasteiger partial charge in [0.05, 0.1) is 41.1 Å². The molecule has 0 saturated carbocycles. The molecule has 5 aromatic rings. The number of fused-ring (bicyclic) bond motifs is 1. The number of carboxylic acid groups (broad SMARTS) is 1. The van der Waals surface area contributed by atoms with E-state index in [0.717, 1.165) is 30.3 Å². The quantitative estimate of drug-likeness (QED) is 0.135. The molecule has 1 aliphatic heterocycles. The topological polar surface area (TPSA) is 86.5 Å². The third-order valence-corrected chi connectivity index (χ3v) is 8.27. The lowest BCUT2D eigenvalue weighted by molar-refractivity contribution is 0.0696. The highest BCUT2D eigenvalue weighted by atomic mass is 35.5. The largest absolute Gasteiger partial charge is 0.478 e. The van der Waals surface area contributed by atoms with Gasteiger partial charge in [-0.05, 0) is 48.0 Å². The maximum absolute atomic E-state index is 15.6. The van der Waals surface area contributed by atoms with E-state index in [-0.39, 0.29) is 68.7 Å². The van der Waals surface area contributed by atoms with Gasteiger partial charge in [0, 0.05) is 29.0 Å². The lowest BCUT2D eigenvalue weighted by Crippen LogP contribution is -2.27. The van der Waals surface area contributed by atoms with Crippen LogP contribution in [0.15, 0.2) is 54.6 Å². The predicted molar refractivity (Wildman–Crippen MR) is 158 cm³/mol. The van der Waals surface area contributed by atoms with E-state index in [4.69, 9.17) is 21.1 Å². The van der Waals surface area contributed by atoms with Crippen LogP contribution in [0.4, 0.5) is 22.0 Å². The first kappa shape index (κ1) is 31.4. The third kappa shape index (κ3) is 5.90. The first-order valence-electron chi connectivity index (χ1n) is 14.1. The number of imidazole rings is 1. The van der Waals surface area contributed by atoms with Crippen molar-refractivity contribution in [3.8, 4) is 17.1 Å². The summed E-state index contributed by atoms with van der Waals surface area (Å²) in [6.07, 6.45) is -0.244. The number of carbonyl (C=O) groups is 1. The van der Waals surface area contributed by atoms with Gasteiger partial charge < -0.3 is 19.1 Å². The number of benzene rings is 3. The van der Waals surface area contributed by atoms with Gasteiger partial charge in [0.25, 0.3) is 0 Å². The molecule has 46 heavy (non-hydrogen) atoms. The smallest absolute Gasteiger partial charge is 0.335 e. The van der Waals surface area contributed by atoms with Crippen LogP contribution in [0.25, 0.3) is 22.3 Å². The van der Waals surface area contributed by atoms with Crippen molar-refractivity contribution in [3.63, 3.8) is 0 Å². The molecule has 1 saturated heterocycles. The van der Waals surface area contributed by atoms with Crippen LogP contribution in [0.1, 0.15) is 47.2 Å². The summed E-state index contributed by atoms with van der Waals surface area (Å²) in [6, 6.07) is 9.78. The van der Waals surface area contributed by atoms with Gasteiger partial charge >= 0.3 is 5.97 Å². The van der Waals surface area contributed by atoms with E-state index in [2.05, 4.69) is 9.97 Å². The number of ether oxygens (including phenoxy) is 2. The van der Waals surface area contributed by atoms with E-state index in [1.807, 2.05) is 13.8 Å². The zero-order valence-corrected chi connectivity index (χ0v) is 25.1. The lowest BCUT2D eigenvalue weighted by atomic mass is 9.87. The molecule has 238 valence electrons. The fraction of sp³-hybridized carbons (Fsp3) is 0.242. The number of hydrogen-bond acceptors (Lipinski definition) is 5. The van der Waals surface area contributed by atoms with E-state index in [0.29, 0.717) is 6.61 Å². The highest BCUT2D eigenvalue weighted by Gasteiger charge is 2.39. The second-order valence-corrected chi connectivity index (χ2v) is 12.1. The molecule has 0 bridgehead atoms. The molecule has 0 spiro atoms. The zero-order chi connectivity index (χ0) is 32.9. The minimum atomic E-state index is -1.32. The molecule has 2 aromatic heterocycles. The lowest BCUT2D eigenvalue weighted by Gasteiger charge is -2.28. The van der Waals surface area contributed by atoms with E-state index in [9.17, 15) is 18.7 Å². The fourth-order valence-electron chi connectivity index (χ4n) is 5.54. The van der Waals surface area contributed by atoms with Crippen molar-refractivity contribution in [3.05, 3.63) is 111 Å². The average Bonchev–Trinajstić information content (AvgIpc) is 3.54. The standard InChI is InChI=1S/C33H25ClF5N3O4/c1-33(2)15-45-14-28(33)42-27-9-17(32(43)44)7-25(39)31(27)41-29(42)10-16-6-23(37)19(11-21(16)35)26-4-3-5-30(40-26)46-13-18-8-24(38)20(34)12-22(18)36/h3-9,11-12,28H,10,13-15H2,1-2H3,(H,43,44). The Morgan fingerprint density at radius 3 is 2.43 bits per heavy atom. The van der Waals surface area contributed by atoms with Crippen LogP contribution in [0, 0.1) is 34.5 Å². The van der Waals surface area contributed by atoms with Crippen LogP contribution in [0.3, 0.4) is 0 Å². The van der Waals surface area contributed by atoms with E-state index in [1.165, 1.54) is 24.3 Å². The first-order valence-corrected chi connectivity index (χ1v) is 14.4. The van der Waals surface area contributed by atoms with Crippen LogP contribution in [0.5, 0.6) is 5.88 Å². The number of aromatic nitrogens is 3. The second-order valence-electron chi connectivity index (χ2n) is 11.7. The molecule has 3 aromatic carbocycles. The molecule has 1 N–H and O–H groups in total. The maximum Gasteiger partial charge on any atom is 0.335 e. The molecule has 1 unspecified atom stereocenters. The summed E-state index contributed by atoms with van der Waals surface area (Å²) in [4.78, 5) is 20.3. The summed E-state index contributed by atoms with van der Waals surface area (Å²) in [7, 11) is 0. The Hall–Kier alpha value is -4.55. The normalized spacial score (nSPS) is 15.9. The van der Waals surface area contributed by atoms with Crippen LogP contribution in [0.2, 0.25) is 5.02 Å². The Balaban J connectivity index is 1.33. The average molecular weight is 658 g/mol. The van der Waals surface area contributed by atoms with Crippen molar-refractivity contribution in [2.75, 3.05) is 13.2 Å². The first-order chi connectivity index (χ1) is 21.8. The van der Waals surface area contributed by atoms with Crippen LogP contribution in [-0.2, 0) is 17.8 Å². The number of rotatable bonds is 8. The Bertz CT molecular complexity index is 2020. The number of nitrogens with zero attached hydrogens (tertiary/aromatic N) is 3. The summed E-state index contributed by atoms with van der Waals surface area (Å²) in [5, 5.41) is 9.15. The monoisotopic (exact) mass is 657 g/mol. The predicted octanol–water partition coefficient (Wildman–Crippen LogP) is 7.91. The van der Waals surface area contributed by atoms with Gasteiger partial charge in [0.15, 0.2) is 5.82 Å². The molecule has 0 radical (unpaired) electrons. The number of hydrogen-bond donors (Lipinski definition) is 1.